The molecular weight excluding hydrogens is 289 g/mol. The van der Waals surface area contributed by atoms with Crippen LogP contribution in [0.25, 0.3) is 0 Å². The van der Waals surface area contributed by atoms with Crippen LogP contribution < -0.4 is 4.90 Å². The van der Waals surface area contributed by atoms with Crippen molar-refractivity contribution in [2.75, 3.05) is 31.7 Å². The van der Waals surface area contributed by atoms with Gasteiger partial charge in [0, 0.05) is 36.2 Å². The number of nitrogens with zero attached hydrogens (tertiary/aromatic N) is 1. The average molecular weight is 307 g/mol. The minimum Gasteiger partial charge on any atom is -0.383 e. The van der Waals surface area contributed by atoms with Crippen LogP contribution in [-0.4, -0.2) is 26.8 Å². The third-order valence-corrected chi connectivity index (χ3v) is 3.45. The van der Waals surface area contributed by atoms with Crippen molar-refractivity contribution in [3.63, 3.8) is 0 Å². The molecule has 0 aliphatic rings. The Balaban J connectivity index is 2.80. The molecular formula is C12H17BrClNO. The van der Waals surface area contributed by atoms with Crippen LogP contribution in [0.5, 0.6) is 0 Å². The number of rotatable bonds is 6. The van der Waals surface area contributed by atoms with Crippen LogP contribution >= 0.6 is 27.5 Å². The van der Waals surface area contributed by atoms with Crippen LogP contribution in [0.1, 0.15) is 12.5 Å². The highest BCUT2D eigenvalue weighted by Crippen LogP contribution is 2.25. The Hall–Kier alpha value is -0.250. The second-order valence-corrected chi connectivity index (χ2v) is 4.45. The van der Waals surface area contributed by atoms with E-state index in [1.807, 2.05) is 6.07 Å². The Kier molecular flexibility index (Phi) is 6.17. The molecule has 1 aromatic carbocycles. The van der Waals surface area contributed by atoms with Gasteiger partial charge in [-0.1, -0.05) is 33.6 Å². The van der Waals surface area contributed by atoms with Gasteiger partial charge >= 0.3 is 0 Å². The van der Waals surface area contributed by atoms with Crippen LogP contribution in [0.3, 0.4) is 0 Å². The number of halogens is 2. The number of alkyl halides is 1. The Labute approximate surface area is 111 Å². The number of methoxy groups -OCH3 is 1. The Morgan fingerprint density at radius 2 is 2.19 bits per heavy atom. The monoisotopic (exact) mass is 305 g/mol. The third kappa shape index (κ3) is 3.65. The zero-order valence-electron chi connectivity index (χ0n) is 9.67. The number of benzene rings is 1. The predicted molar refractivity (Wildman–Crippen MR) is 73.8 cm³/mol. The highest BCUT2D eigenvalue weighted by Gasteiger charge is 2.06. The normalized spacial score (nSPS) is 10.5. The third-order valence-electron chi connectivity index (χ3n) is 2.49. The zero-order valence-corrected chi connectivity index (χ0v) is 12.0. The quantitative estimate of drug-likeness (QED) is 0.743. The van der Waals surface area contributed by atoms with Crippen molar-refractivity contribution < 1.29 is 4.74 Å². The molecule has 0 unspecified atom stereocenters. The van der Waals surface area contributed by atoms with Gasteiger partial charge in [0.1, 0.15) is 0 Å². The molecule has 0 spiro atoms. The van der Waals surface area contributed by atoms with Gasteiger partial charge in [-0.25, -0.2) is 0 Å². The highest BCUT2D eigenvalue weighted by molar-refractivity contribution is 9.08. The number of likely N-dealkylation sites (N-methyl/N-ethyl adjacent to an activating group) is 1. The van der Waals surface area contributed by atoms with Gasteiger partial charge in [-0.05, 0) is 24.6 Å². The lowest BCUT2D eigenvalue weighted by molar-refractivity contribution is 0.205. The lowest BCUT2D eigenvalue weighted by Gasteiger charge is -2.23. The fraction of sp³-hybridized carbons (Fsp3) is 0.500. The summed E-state index contributed by atoms with van der Waals surface area (Å²) in [5, 5.41) is 1.60. The van der Waals surface area contributed by atoms with E-state index in [-0.39, 0.29) is 0 Å². The van der Waals surface area contributed by atoms with Gasteiger partial charge in [0.05, 0.1) is 6.61 Å². The second kappa shape index (κ2) is 7.15. The molecule has 1 rings (SSSR count). The molecule has 90 valence electrons. The molecule has 0 atom stereocenters. The molecule has 0 aliphatic heterocycles. The van der Waals surface area contributed by atoms with Crippen LogP contribution in [0.2, 0.25) is 5.02 Å². The average Bonchev–Trinajstić information content (AvgIpc) is 2.30. The lowest BCUT2D eigenvalue weighted by Crippen LogP contribution is -2.26. The molecule has 0 heterocycles. The number of anilines is 1. The predicted octanol–water partition coefficient (Wildman–Crippen LogP) is 3.71. The molecule has 2 nitrogen and oxygen atoms in total. The standard InChI is InChI=1S/C12H17BrClNO/c1-3-15(6-7-16-2)11-5-4-10(9-13)12(14)8-11/h4-5,8H,3,6-7,9H2,1-2H3. The summed E-state index contributed by atoms with van der Waals surface area (Å²) >= 11 is 9.59. The van der Waals surface area contributed by atoms with Crippen molar-refractivity contribution >= 4 is 33.2 Å². The van der Waals surface area contributed by atoms with E-state index in [0.29, 0.717) is 0 Å². The molecule has 0 amide bonds. The summed E-state index contributed by atoms with van der Waals surface area (Å²) in [7, 11) is 1.72. The van der Waals surface area contributed by atoms with Gasteiger partial charge in [-0.3, -0.25) is 0 Å². The number of hydrogen-bond acceptors (Lipinski definition) is 2. The van der Waals surface area contributed by atoms with E-state index in [1.165, 1.54) is 0 Å². The smallest absolute Gasteiger partial charge is 0.0637 e. The van der Waals surface area contributed by atoms with Gasteiger partial charge in [-0.2, -0.15) is 0 Å². The van der Waals surface area contributed by atoms with E-state index in [0.717, 1.165) is 41.3 Å². The fourth-order valence-electron chi connectivity index (χ4n) is 1.51. The molecule has 0 bridgehead atoms. The summed E-state index contributed by atoms with van der Waals surface area (Å²) in [5.41, 5.74) is 2.27. The van der Waals surface area contributed by atoms with Gasteiger partial charge in [-0.15, -0.1) is 0 Å². The Morgan fingerprint density at radius 3 is 2.69 bits per heavy atom. The maximum absolute atomic E-state index is 6.18. The first-order valence-corrected chi connectivity index (χ1v) is 6.81. The minimum atomic E-state index is 0.728. The van der Waals surface area contributed by atoms with Gasteiger partial charge in [0.2, 0.25) is 0 Å². The first-order valence-electron chi connectivity index (χ1n) is 5.31. The molecule has 0 saturated heterocycles. The molecule has 0 radical (unpaired) electrons. The van der Waals surface area contributed by atoms with Crippen molar-refractivity contribution in [2.24, 2.45) is 0 Å². The first-order chi connectivity index (χ1) is 7.72. The Bertz CT molecular complexity index is 333. The lowest BCUT2D eigenvalue weighted by atomic mass is 10.2. The summed E-state index contributed by atoms with van der Waals surface area (Å²) in [4.78, 5) is 2.24. The second-order valence-electron chi connectivity index (χ2n) is 3.48. The van der Waals surface area contributed by atoms with Crippen LogP contribution in [0.4, 0.5) is 5.69 Å². The summed E-state index contributed by atoms with van der Waals surface area (Å²) in [5.74, 6) is 0. The molecule has 0 N–H and O–H groups in total. The largest absolute Gasteiger partial charge is 0.383 e. The van der Waals surface area contributed by atoms with Crippen LogP contribution in [0, 0.1) is 0 Å². The summed E-state index contributed by atoms with van der Waals surface area (Å²) in [6.45, 7) is 4.69. The minimum absolute atomic E-state index is 0.728. The Morgan fingerprint density at radius 1 is 1.44 bits per heavy atom. The molecule has 0 fully saturated rings. The van der Waals surface area contributed by atoms with Crippen LogP contribution in [0.15, 0.2) is 18.2 Å². The van der Waals surface area contributed by atoms with E-state index < -0.39 is 0 Å². The SMILES string of the molecule is CCN(CCOC)c1ccc(CBr)c(Cl)c1. The van der Waals surface area contributed by atoms with Gasteiger partial charge in [0.15, 0.2) is 0 Å². The van der Waals surface area contributed by atoms with E-state index in [4.69, 9.17) is 16.3 Å². The molecule has 0 aromatic heterocycles. The van der Waals surface area contributed by atoms with Gasteiger partial charge < -0.3 is 9.64 Å². The van der Waals surface area contributed by atoms with Crippen LogP contribution in [-0.2, 0) is 10.1 Å². The maximum atomic E-state index is 6.18. The van der Waals surface area contributed by atoms with Crippen molar-refractivity contribution in [1.29, 1.82) is 0 Å². The maximum Gasteiger partial charge on any atom is 0.0637 e. The van der Waals surface area contributed by atoms with Gasteiger partial charge in [0.25, 0.3) is 0 Å². The van der Waals surface area contributed by atoms with E-state index in [2.05, 4.69) is 39.9 Å². The topological polar surface area (TPSA) is 12.5 Å². The zero-order chi connectivity index (χ0) is 12.0. The van der Waals surface area contributed by atoms with Crippen molar-refractivity contribution in [3.05, 3.63) is 28.8 Å². The molecule has 1 aromatic rings. The molecule has 16 heavy (non-hydrogen) atoms. The summed E-state index contributed by atoms with van der Waals surface area (Å²) in [6.07, 6.45) is 0. The molecule has 4 heteroatoms. The number of ether oxygens (including phenoxy) is 1. The molecule has 0 aliphatic carbocycles. The van der Waals surface area contributed by atoms with E-state index >= 15 is 0 Å². The van der Waals surface area contributed by atoms with Crippen molar-refractivity contribution in [3.8, 4) is 0 Å². The summed E-state index contributed by atoms with van der Waals surface area (Å²) < 4.78 is 5.09. The fourth-order valence-corrected chi connectivity index (χ4v) is 2.40. The first kappa shape index (κ1) is 13.8. The van der Waals surface area contributed by atoms with E-state index in [1.54, 1.807) is 7.11 Å². The highest BCUT2D eigenvalue weighted by atomic mass is 79.9. The summed E-state index contributed by atoms with van der Waals surface area (Å²) in [6, 6.07) is 6.17. The number of hydrogen-bond donors (Lipinski definition) is 0. The van der Waals surface area contributed by atoms with E-state index in [9.17, 15) is 0 Å². The van der Waals surface area contributed by atoms with Crippen molar-refractivity contribution in [1.82, 2.24) is 0 Å². The molecule has 0 saturated carbocycles. The van der Waals surface area contributed by atoms with Crippen molar-refractivity contribution in [2.45, 2.75) is 12.3 Å².